The normalized spacial score (nSPS) is 25.0. The number of carbonyl (C=O) groups is 1. The molecule has 24 heavy (non-hydrogen) atoms. The topological polar surface area (TPSA) is 66.8 Å². The van der Waals surface area contributed by atoms with Gasteiger partial charge in [0.25, 0.3) is 0 Å². The average Bonchev–Trinajstić information content (AvgIpc) is 2.86. The van der Waals surface area contributed by atoms with Gasteiger partial charge >= 0.3 is 5.97 Å². The molecule has 0 spiro atoms. The zero-order valence-corrected chi connectivity index (χ0v) is 15.7. The molecule has 0 saturated carbocycles. The predicted octanol–water partition coefficient (Wildman–Crippen LogP) is 4.22. The lowest BCUT2D eigenvalue weighted by Gasteiger charge is -2.23. The Labute approximate surface area is 148 Å². The molecule has 1 fully saturated rings. The fraction of sp³-hybridized carbons (Fsp3) is 0.950. The van der Waals surface area contributed by atoms with Gasteiger partial charge in [0, 0.05) is 5.92 Å². The SMILES string of the molecule is CCCCCCCCCCCCC[C@@H]1OC(=O)[C@H](C)[C@H]1[C@H](O)CO. The molecule has 4 heteroatoms. The Morgan fingerprint density at radius 2 is 1.46 bits per heavy atom. The zero-order chi connectivity index (χ0) is 17.8. The lowest BCUT2D eigenvalue weighted by atomic mass is 9.85. The van der Waals surface area contributed by atoms with Crippen molar-refractivity contribution < 1.29 is 19.7 Å². The third-order valence-corrected chi connectivity index (χ3v) is 5.37. The van der Waals surface area contributed by atoms with E-state index in [-0.39, 0.29) is 30.5 Å². The highest BCUT2D eigenvalue weighted by atomic mass is 16.6. The molecule has 0 aromatic carbocycles. The number of unbranched alkanes of at least 4 members (excludes halogenated alkanes) is 10. The molecule has 1 rings (SSSR count). The van der Waals surface area contributed by atoms with Crippen LogP contribution in [0.15, 0.2) is 0 Å². The van der Waals surface area contributed by atoms with E-state index in [1.165, 1.54) is 57.8 Å². The van der Waals surface area contributed by atoms with Crippen LogP contribution in [0.2, 0.25) is 0 Å². The number of ether oxygens (including phenoxy) is 1. The number of esters is 1. The standard InChI is InChI=1S/C20H38O4/c1-3-4-5-6-7-8-9-10-11-12-13-14-18-19(17(22)15-21)16(2)20(23)24-18/h16-19,21-22H,3-15H2,1-2H3/t16-,17-,18+,19+/m1/s1. The van der Waals surface area contributed by atoms with Crippen molar-refractivity contribution in [3.63, 3.8) is 0 Å². The summed E-state index contributed by atoms with van der Waals surface area (Å²) in [6.07, 6.45) is 13.9. The van der Waals surface area contributed by atoms with E-state index in [1.807, 2.05) is 0 Å². The summed E-state index contributed by atoms with van der Waals surface area (Å²) in [5.74, 6) is -0.809. The van der Waals surface area contributed by atoms with Gasteiger partial charge in [0.15, 0.2) is 0 Å². The second-order valence-corrected chi connectivity index (χ2v) is 7.42. The quantitative estimate of drug-likeness (QED) is 0.366. The summed E-state index contributed by atoms with van der Waals surface area (Å²) in [5.41, 5.74) is 0. The van der Waals surface area contributed by atoms with Crippen LogP contribution in [0.25, 0.3) is 0 Å². The maximum atomic E-state index is 11.7. The number of aliphatic hydroxyl groups excluding tert-OH is 2. The first-order chi connectivity index (χ1) is 11.6. The number of carbonyl (C=O) groups excluding carboxylic acids is 1. The molecule has 0 aromatic rings. The van der Waals surface area contributed by atoms with Crippen LogP contribution in [0.3, 0.4) is 0 Å². The van der Waals surface area contributed by atoms with E-state index in [2.05, 4.69) is 6.92 Å². The average molecular weight is 343 g/mol. The Morgan fingerprint density at radius 3 is 1.96 bits per heavy atom. The number of aliphatic hydroxyl groups is 2. The van der Waals surface area contributed by atoms with Gasteiger partial charge in [-0.2, -0.15) is 0 Å². The summed E-state index contributed by atoms with van der Waals surface area (Å²) in [6.45, 7) is 3.73. The van der Waals surface area contributed by atoms with Crippen LogP contribution in [0, 0.1) is 11.8 Å². The van der Waals surface area contributed by atoms with E-state index in [9.17, 15) is 9.90 Å². The minimum Gasteiger partial charge on any atom is -0.462 e. The summed E-state index contributed by atoms with van der Waals surface area (Å²) >= 11 is 0. The number of hydrogen-bond donors (Lipinski definition) is 2. The molecule has 0 bridgehead atoms. The van der Waals surface area contributed by atoms with Crippen LogP contribution in [-0.4, -0.2) is 35.0 Å². The fourth-order valence-corrected chi connectivity index (χ4v) is 3.78. The first-order valence-corrected chi connectivity index (χ1v) is 10.1. The molecule has 0 aromatic heterocycles. The minimum atomic E-state index is -0.857. The summed E-state index contributed by atoms with van der Waals surface area (Å²) in [6, 6.07) is 0. The molecule has 1 aliphatic rings. The third kappa shape index (κ3) is 7.52. The predicted molar refractivity (Wildman–Crippen MR) is 96.7 cm³/mol. The van der Waals surface area contributed by atoms with Gasteiger partial charge in [0.05, 0.1) is 18.6 Å². The van der Waals surface area contributed by atoms with Crippen molar-refractivity contribution in [3.05, 3.63) is 0 Å². The van der Waals surface area contributed by atoms with Gasteiger partial charge in [-0.1, -0.05) is 78.1 Å². The van der Waals surface area contributed by atoms with Crippen molar-refractivity contribution in [2.45, 2.75) is 103 Å². The third-order valence-electron chi connectivity index (χ3n) is 5.37. The van der Waals surface area contributed by atoms with Gasteiger partial charge in [0.1, 0.15) is 6.10 Å². The molecule has 2 N–H and O–H groups in total. The van der Waals surface area contributed by atoms with Crippen LogP contribution in [0.5, 0.6) is 0 Å². The maximum Gasteiger partial charge on any atom is 0.309 e. The lowest BCUT2D eigenvalue weighted by molar-refractivity contribution is -0.144. The highest BCUT2D eigenvalue weighted by molar-refractivity contribution is 5.74. The first kappa shape index (κ1) is 21.4. The van der Waals surface area contributed by atoms with E-state index in [1.54, 1.807) is 6.92 Å². The molecule has 0 radical (unpaired) electrons. The zero-order valence-electron chi connectivity index (χ0n) is 15.7. The van der Waals surface area contributed by atoms with Crippen LogP contribution in [0.1, 0.15) is 90.9 Å². The summed E-state index contributed by atoms with van der Waals surface area (Å²) in [7, 11) is 0. The second kappa shape index (κ2) is 12.7. The fourth-order valence-electron chi connectivity index (χ4n) is 3.78. The summed E-state index contributed by atoms with van der Waals surface area (Å²) in [4.78, 5) is 11.7. The second-order valence-electron chi connectivity index (χ2n) is 7.42. The van der Waals surface area contributed by atoms with Gasteiger partial charge in [0.2, 0.25) is 0 Å². The minimum absolute atomic E-state index is 0.229. The van der Waals surface area contributed by atoms with Crippen molar-refractivity contribution in [3.8, 4) is 0 Å². The van der Waals surface area contributed by atoms with Crippen LogP contribution in [-0.2, 0) is 9.53 Å². The van der Waals surface area contributed by atoms with Gasteiger partial charge < -0.3 is 14.9 Å². The van der Waals surface area contributed by atoms with E-state index >= 15 is 0 Å². The molecule has 4 nitrogen and oxygen atoms in total. The smallest absolute Gasteiger partial charge is 0.309 e. The number of cyclic esters (lactones) is 1. The molecule has 1 aliphatic heterocycles. The van der Waals surface area contributed by atoms with Gasteiger partial charge in [-0.3, -0.25) is 4.79 Å². The Bertz CT molecular complexity index is 332. The molecule has 142 valence electrons. The molecular weight excluding hydrogens is 304 g/mol. The first-order valence-electron chi connectivity index (χ1n) is 10.1. The van der Waals surface area contributed by atoms with E-state index in [0.29, 0.717) is 0 Å². The molecule has 1 heterocycles. The van der Waals surface area contributed by atoms with Crippen LogP contribution < -0.4 is 0 Å². The van der Waals surface area contributed by atoms with Gasteiger partial charge in [-0.05, 0) is 12.8 Å². The Balaban J connectivity index is 2.05. The molecule has 4 atom stereocenters. The molecule has 0 unspecified atom stereocenters. The van der Waals surface area contributed by atoms with Crippen molar-refractivity contribution in [1.82, 2.24) is 0 Å². The van der Waals surface area contributed by atoms with Crippen LogP contribution in [0.4, 0.5) is 0 Å². The highest BCUT2D eigenvalue weighted by Crippen LogP contribution is 2.33. The summed E-state index contributed by atoms with van der Waals surface area (Å²) in [5, 5.41) is 19.1. The molecule has 0 aliphatic carbocycles. The monoisotopic (exact) mass is 342 g/mol. The Hall–Kier alpha value is -0.610. The maximum absolute atomic E-state index is 11.7. The van der Waals surface area contributed by atoms with Crippen LogP contribution >= 0.6 is 0 Å². The van der Waals surface area contributed by atoms with E-state index in [4.69, 9.17) is 9.84 Å². The number of hydrogen-bond acceptors (Lipinski definition) is 4. The van der Waals surface area contributed by atoms with Crippen molar-refractivity contribution >= 4 is 5.97 Å². The lowest BCUT2D eigenvalue weighted by Crippen LogP contribution is -2.34. The van der Waals surface area contributed by atoms with Gasteiger partial charge in [-0.25, -0.2) is 0 Å². The molecule has 0 amide bonds. The van der Waals surface area contributed by atoms with Crippen molar-refractivity contribution in [2.24, 2.45) is 11.8 Å². The Morgan fingerprint density at radius 1 is 0.958 bits per heavy atom. The van der Waals surface area contributed by atoms with E-state index in [0.717, 1.165) is 19.3 Å². The number of rotatable bonds is 14. The van der Waals surface area contributed by atoms with Crippen molar-refractivity contribution in [1.29, 1.82) is 0 Å². The highest BCUT2D eigenvalue weighted by Gasteiger charge is 2.44. The molecular formula is C20H38O4. The Kier molecular flexibility index (Phi) is 11.4. The van der Waals surface area contributed by atoms with Gasteiger partial charge in [-0.15, -0.1) is 0 Å². The van der Waals surface area contributed by atoms with Crippen molar-refractivity contribution in [2.75, 3.05) is 6.61 Å². The van der Waals surface area contributed by atoms with E-state index < -0.39 is 6.10 Å². The molecule has 1 saturated heterocycles. The summed E-state index contributed by atoms with van der Waals surface area (Å²) < 4.78 is 5.39. The largest absolute Gasteiger partial charge is 0.462 e.